The predicted octanol–water partition coefficient (Wildman–Crippen LogP) is 2.01. The zero-order valence-corrected chi connectivity index (χ0v) is 11.9. The zero-order valence-electron chi connectivity index (χ0n) is 11.9. The quantitative estimate of drug-likeness (QED) is 0.752. The molecule has 2 heterocycles. The monoisotopic (exact) mass is 253 g/mol. The van der Waals surface area contributed by atoms with Gasteiger partial charge in [-0.15, -0.1) is 0 Å². The number of carbonyl (C=O) groups excluding carboxylic acids is 1. The van der Waals surface area contributed by atoms with Crippen LogP contribution in [0.3, 0.4) is 0 Å². The van der Waals surface area contributed by atoms with Gasteiger partial charge in [0.25, 0.3) is 0 Å². The number of piperazine rings is 1. The van der Waals surface area contributed by atoms with Gasteiger partial charge in [0.1, 0.15) is 0 Å². The smallest absolute Gasteiger partial charge is 0.320 e. The largest absolute Gasteiger partial charge is 0.322 e. The molecular weight excluding hydrogens is 226 g/mol. The highest BCUT2D eigenvalue weighted by Crippen LogP contribution is 2.21. The fourth-order valence-corrected chi connectivity index (χ4v) is 3.11. The maximum atomic E-state index is 12.6. The number of nitrogens with zero attached hydrogens (tertiary/aromatic N) is 3. The third kappa shape index (κ3) is 2.97. The predicted molar refractivity (Wildman–Crippen MR) is 73.7 cm³/mol. The number of urea groups is 1. The van der Waals surface area contributed by atoms with Gasteiger partial charge in [-0.2, -0.15) is 0 Å². The van der Waals surface area contributed by atoms with E-state index in [1.54, 1.807) is 0 Å². The Morgan fingerprint density at radius 1 is 1.06 bits per heavy atom. The van der Waals surface area contributed by atoms with Gasteiger partial charge in [0.15, 0.2) is 0 Å². The number of rotatable bonds is 2. The van der Waals surface area contributed by atoms with Gasteiger partial charge in [-0.25, -0.2) is 4.79 Å². The second-order valence-electron chi connectivity index (χ2n) is 5.46. The molecule has 104 valence electrons. The van der Waals surface area contributed by atoms with Gasteiger partial charge < -0.3 is 14.7 Å². The van der Waals surface area contributed by atoms with Crippen LogP contribution < -0.4 is 0 Å². The highest BCUT2D eigenvalue weighted by Gasteiger charge is 2.30. The number of carbonyl (C=O) groups is 1. The van der Waals surface area contributed by atoms with E-state index in [0.29, 0.717) is 6.04 Å². The first-order valence-electron chi connectivity index (χ1n) is 7.54. The summed E-state index contributed by atoms with van der Waals surface area (Å²) in [5.74, 6) is 0. The Hall–Kier alpha value is -0.770. The molecular formula is C14H27N3O. The number of likely N-dealkylation sites (N-methyl/N-ethyl adjacent to an activating group) is 1. The van der Waals surface area contributed by atoms with Crippen LogP contribution in [-0.4, -0.2) is 66.0 Å². The SMILES string of the molecule is CCC1CCCCN1C(=O)N1CCN(CC)CC1. The summed E-state index contributed by atoms with van der Waals surface area (Å²) in [6.45, 7) is 10.3. The normalized spacial score (nSPS) is 26.4. The van der Waals surface area contributed by atoms with Crippen molar-refractivity contribution in [1.82, 2.24) is 14.7 Å². The number of amides is 2. The molecule has 2 fully saturated rings. The third-order valence-electron chi connectivity index (χ3n) is 4.43. The number of hydrogen-bond donors (Lipinski definition) is 0. The summed E-state index contributed by atoms with van der Waals surface area (Å²) in [5.41, 5.74) is 0. The highest BCUT2D eigenvalue weighted by atomic mass is 16.2. The Balaban J connectivity index is 1.90. The molecule has 0 spiro atoms. The average molecular weight is 253 g/mol. The van der Waals surface area contributed by atoms with Gasteiger partial charge in [0.05, 0.1) is 0 Å². The minimum absolute atomic E-state index is 0.289. The van der Waals surface area contributed by atoms with Crippen molar-refractivity contribution in [1.29, 1.82) is 0 Å². The van der Waals surface area contributed by atoms with Crippen LogP contribution in [0, 0.1) is 0 Å². The molecule has 2 aliphatic rings. The fraction of sp³-hybridized carbons (Fsp3) is 0.929. The van der Waals surface area contributed by atoms with E-state index in [1.807, 2.05) is 0 Å². The fourth-order valence-electron chi connectivity index (χ4n) is 3.11. The lowest BCUT2D eigenvalue weighted by atomic mass is 10.0. The van der Waals surface area contributed by atoms with E-state index in [2.05, 4.69) is 28.5 Å². The van der Waals surface area contributed by atoms with Crippen LogP contribution in [-0.2, 0) is 0 Å². The Kier molecular flexibility index (Phi) is 4.87. The van der Waals surface area contributed by atoms with Crippen LogP contribution in [0.5, 0.6) is 0 Å². The molecule has 2 rings (SSSR count). The van der Waals surface area contributed by atoms with Crippen molar-refractivity contribution in [2.24, 2.45) is 0 Å². The van der Waals surface area contributed by atoms with Gasteiger partial charge in [0, 0.05) is 38.8 Å². The molecule has 2 amide bonds. The van der Waals surface area contributed by atoms with E-state index in [0.717, 1.165) is 45.7 Å². The minimum atomic E-state index is 0.289. The maximum Gasteiger partial charge on any atom is 0.320 e. The van der Waals surface area contributed by atoms with Crippen LogP contribution in [0.1, 0.15) is 39.5 Å². The van der Waals surface area contributed by atoms with Gasteiger partial charge in [-0.3, -0.25) is 0 Å². The molecule has 2 saturated heterocycles. The average Bonchev–Trinajstić information content (AvgIpc) is 2.46. The van der Waals surface area contributed by atoms with E-state index in [1.165, 1.54) is 19.3 Å². The summed E-state index contributed by atoms with van der Waals surface area (Å²) < 4.78 is 0. The van der Waals surface area contributed by atoms with Crippen molar-refractivity contribution < 1.29 is 4.79 Å². The van der Waals surface area contributed by atoms with Crippen molar-refractivity contribution in [2.75, 3.05) is 39.3 Å². The summed E-state index contributed by atoms with van der Waals surface area (Å²) in [5, 5.41) is 0. The molecule has 0 saturated carbocycles. The van der Waals surface area contributed by atoms with E-state index in [4.69, 9.17) is 0 Å². The van der Waals surface area contributed by atoms with Crippen molar-refractivity contribution in [3.63, 3.8) is 0 Å². The van der Waals surface area contributed by atoms with Crippen LogP contribution in [0.4, 0.5) is 4.79 Å². The number of piperidine rings is 1. The lowest BCUT2D eigenvalue weighted by Crippen LogP contribution is -2.55. The van der Waals surface area contributed by atoms with Crippen molar-refractivity contribution in [3.05, 3.63) is 0 Å². The molecule has 0 radical (unpaired) electrons. The van der Waals surface area contributed by atoms with Crippen molar-refractivity contribution >= 4 is 6.03 Å². The second-order valence-corrected chi connectivity index (χ2v) is 5.46. The lowest BCUT2D eigenvalue weighted by molar-refractivity contribution is 0.0895. The molecule has 4 nitrogen and oxygen atoms in total. The van der Waals surface area contributed by atoms with Crippen LogP contribution in [0.2, 0.25) is 0 Å². The molecule has 0 aromatic rings. The van der Waals surface area contributed by atoms with Crippen LogP contribution >= 0.6 is 0 Å². The molecule has 1 atom stereocenters. The summed E-state index contributed by atoms with van der Waals surface area (Å²) in [6, 6.07) is 0.771. The summed E-state index contributed by atoms with van der Waals surface area (Å²) in [7, 11) is 0. The summed E-state index contributed by atoms with van der Waals surface area (Å²) >= 11 is 0. The van der Waals surface area contributed by atoms with Gasteiger partial charge >= 0.3 is 6.03 Å². The van der Waals surface area contributed by atoms with Crippen LogP contribution in [0.15, 0.2) is 0 Å². The Morgan fingerprint density at radius 3 is 2.39 bits per heavy atom. The molecule has 18 heavy (non-hydrogen) atoms. The Bertz CT molecular complexity index is 274. The maximum absolute atomic E-state index is 12.6. The number of likely N-dealkylation sites (tertiary alicyclic amines) is 1. The lowest BCUT2D eigenvalue weighted by Gasteiger charge is -2.41. The molecule has 1 unspecified atom stereocenters. The Morgan fingerprint density at radius 2 is 1.78 bits per heavy atom. The molecule has 0 aromatic heterocycles. The standard InChI is InChI=1S/C14H27N3O/c1-3-13-7-5-6-8-17(13)14(18)16-11-9-15(4-2)10-12-16/h13H,3-12H2,1-2H3. The molecule has 0 aromatic carbocycles. The van der Waals surface area contributed by atoms with E-state index < -0.39 is 0 Å². The molecule has 0 N–H and O–H groups in total. The van der Waals surface area contributed by atoms with Crippen molar-refractivity contribution in [2.45, 2.75) is 45.6 Å². The molecule has 4 heteroatoms. The minimum Gasteiger partial charge on any atom is -0.322 e. The van der Waals surface area contributed by atoms with Gasteiger partial charge in [-0.05, 0) is 32.2 Å². The van der Waals surface area contributed by atoms with E-state index in [-0.39, 0.29) is 6.03 Å². The first-order chi connectivity index (χ1) is 8.76. The summed E-state index contributed by atoms with van der Waals surface area (Å²) in [4.78, 5) is 19.2. The first-order valence-corrected chi connectivity index (χ1v) is 7.54. The second kappa shape index (κ2) is 6.41. The number of hydrogen-bond acceptors (Lipinski definition) is 2. The highest BCUT2D eigenvalue weighted by molar-refractivity contribution is 5.75. The van der Waals surface area contributed by atoms with E-state index >= 15 is 0 Å². The topological polar surface area (TPSA) is 26.8 Å². The molecule has 0 aliphatic carbocycles. The molecule has 2 aliphatic heterocycles. The van der Waals surface area contributed by atoms with Gasteiger partial charge in [0.2, 0.25) is 0 Å². The Labute approximate surface area is 111 Å². The van der Waals surface area contributed by atoms with Crippen LogP contribution in [0.25, 0.3) is 0 Å². The summed E-state index contributed by atoms with van der Waals surface area (Å²) in [6.07, 6.45) is 4.75. The zero-order chi connectivity index (χ0) is 13.0. The van der Waals surface area contributed by atoms with Gasteiger partial charge in [-0.1, -0.05) is 13.8 Å². The third-order valence-corrected chi connectivity index (χ3v) is 4.43. The molecule has 0 bridgehead atoms. The van der Waals surface area contributed by atoms with E-state index in [9.17, 15) is 4.79 Å². The van der Waals surface area contributed by atoms with Crippen molar-refractivity contribution in [3.8, 4) is 0 Å². The first kappa shape index (κ1) is 13.7.